The Morgan fingerprint density at radius 1 is 0.727 bits per heavy atom. The van der Waals surface area contributed by atoms with Crippen LogP contribution in [0.4, 0.5) is 0 Å². The van der Waals surface area contributed by atoms with Crippen LogP contribution in [0.1, 0.15) is 17.2 Å². The second-order valence-electron chi connectivity index (χ2n) is 5.14. The lowest BCUT2D eigenvalue weighted by atomic mass is 10.0. The normalized spacial score (nSPS) is 11.9. The van der Waals surface area contributed by atoms with Gasteiger partial charge in [-0.2, -0.15) is 0 Å². The summed E-state index contributed by atoms with van der Waals surface area (Å²) in [6, 6.07) is 28.2. The molecule has 0 N–H and O–H groups in total. The van der Waals surface area contributed by atoms with Gasteiger partial charge in [0.25, 0.3) is 0 Å². The van der Waals surface area contributed by atoms with E-state index in [1.807, 2.05) is 60.7 Å². The Labute approximate surface area is 136 Å². The lowest BCUT2D eigenvalue weighted by Crippen LogP contribution is -2.11. The maximum Gasteiger partial charge on any atom is 0.138 e. The monoisotopic (exact) mass is 308 g/mol. The lowest BCUT2D eigenvalue weighted by Gasteiger charge is -2.20. The Bertz CT molecular complexity index is 710. The standard InChI is InChI=1S/C20H17ClO/c21-18-13-7-8-14-19(18)22-20(17-11-5-2-6-12-17)15-16-9-3-1-4-10-16/h1-14,20H,15H2. The number of halogens is 1. The summed E-state index contributed by atoms with van der Waals surface area (Å²) >= 11 is 6.23. The van der Waals surface area contributed by atoms with E-state index in [0.717, 1.165) is 12.0 Å². The topological polar surface area (TPSA) is 9.23 Å². The Morgan fingerprint density at radius 2 is 1.32 bits per heavy atom. The average molecular weight is 309 g/mol. The summed E-state index contributed by atoms with van der Waals surface area (Å²) in [5.74, 6) is 0.717. The molecule has 3 aromatic carbocycles. The fourth-order valence-corrected chi connectivity index (χ4v) is 2.60. The first kappa shape index (κ1) is 14.7. The van der Waals surface area contributed by atoms with E-state index < -0.39 is 0 Å². The predicted molar refractivity (Wildman–Crippen MR) is 91.4 cm³/mol. The number of hydrogen-bond acceptors (Lipinski definition) is 1. The third kappa shape index (κ3) is 3.69. The molecule has 0 heterocycles. The Morgan fingerprint density at radius 3 is 2.00 bits per heavy atom. The van der Waals surface area contributed by atoms with Gasteiger partial charge < -0.3 is 4.74 Å². The molecule has 110 valence electrons. The van der Waals surface area contributed by atoms with Gasteiger partial charge in [-0.15, -0.1) is 0 Å². The molecule has 0 aliphatic carbocycles. The van der Waals surface area contributed by atoms with Gasteiger partial charge in [0.05, 0.1) is 5.02 Å². The van der Waals surface area contributed by atoms with Crippen molar-refractivity contribution in [1.82, 2.24) is 0 Å². The summed E-state index contributed by atoms with van der Waals surface area (Å²) in [5, 5.41) is 0.636. The van der Waals surface area contributed by atoms with Crippen molar-refractivity contribution in [2.75, 3.05) is 0 Å². The van der Waals surface area contributed by atoms with E-state index in [2.05, 4.69) is 24.3 Å². The highest BCUT2D eigenvalue weighted by molar-refractivity contribution is 6.32. The van der Waals surface area contributed by atoms with Crippen LogP contribution < -0.4 is 4.74 Å². The first-order valence-electron chi connectivity index (χ1n) is 7.33. The molecule has 0 aliphatic heterocycles. The molecule has 0 saturated carbocycles. The Hall–Kier alpha value is -2.25. The predicted octanol–water partition coefficient (Wildman–Crippen LogP) is 5.70. The van der Waals surface area contributed by atoms with Crippen molar-refractivity contribution in [2.45, 2.75) is 12.5 Å². The van der Waals surface area contributed by atoms with E-state index in [9.17, 15) is 0 Å². The summed E-state index contributed by atoms with van der Waals surface area (Å²) in [5.41, 5.74) is 2.38. The zero-order valence-electron chi connectivity index (χ0n) is 12.2. The fraction of sp³-hybridized carbons (Fsp3) is 0.100. The molecule has 0 radical (unpaired) electrons. The summed E-state index contributed by atoms with van der Waals surface area (Å²) in [6.07, 6.45) is 0.735. The number of ether oxygens (including phenoxy) is 1. The van der Waals surface area contributed by atoms with Gasteiger partial charge in [0.1, 0.15) is 11.9 Å². The van der Waals surface area contributed by atoms with E-state index >= 15 is 0 Å². The lowest BCUT2D eigenvalue weighted by molar-refractivity contribution is 0.206. The van der Waals surface area contributed by atoms with Gasteiger partial charge in [0, 0.05) is 6.42 Å². The minimum atomic E-state index is -0.0662. The van der Waals surface area contributed by atoms with Crippen LogP contribution in [0.2, 0.25) is 5.02 Å². The number of benzene rings is 3. The third-order valence-electron chi connectivity index (χ3n) is 3.54. The molecule has 1 nitrogen and oxygen atoms in total. The van der Waals surface area contributed by atoms with E-state index in [4.69, 9.17) is 16.3 Å². The molecule has 0 aliphatic rings. The van der Waals surface area contributed by atoms with Crippen molar-refractivity contribution in [3.63, 3.8) is 0 Å². The zero-order valence-corrected chi connectivity index (χ0v) is 12.9. The van der Waals surface area contributed by atoms with Gasteiger partial charge >= 0.3 is 0 Å². The van der Waals surface area contributed by atoms with Crippen molar-refractivity contribution in [2.24, 2.45) is 0 Å². The minimum Gasteiger partial charge on any atom is -0.484 e. The smallest absolute Gasteiger partial charge is 0.138 e. The summed E-state index contributed by atoms with van der Waals surface area (Å²) in [4.78, 5) is 0. The molecule has 22 heavy (non-hydrogen) atoms. The molecule has 1 atom stereocenters. The van der Waals surface area contributed by atoms with E-state index in [-0.39, 0.29) is 6.10 Å². The second kappa shape index (κ2) is 7.15. The van der Waals surface area contributed by atoms with Crippen LogP contribution in [0.15, 0.2) is 84.9 Å². The van der Waals surface area contributed by atoms with Gasteiger partial charge in [-0.05, 0) is 23.3 Å². The molecule has 0 spiro atoms. The van der Waals surface area contributed by atoms with Gasteiger partial charge in [-0.3, -0.25) is 0 Å². The van der Waals surface area contributed by atoms with Gasteiger partial charge in [-0.25, -0.2) is 0 Å². The molecule has 3 rings (SSSR count). The Balaban J connectivity index is 1.88. The summed E-state index contributed by atoms with van der Waals surface area (Å²) in [7, 11) is 0. The van der Waals surface area contributed by atoms with Crippen molar-refractivity contribution < 1.29 is 4.74 Å². The maximum absolute atomic E-state index is 6.23. The summed E-state index contributed by atoms with van der Waals surface area (Å²) in [6.45, 7) is 0. The van der Waals surface area contributed by atoms with Crippen LogP contribution in [0.3, 0.4) is 0 Å². The van der Waals surface area contributed by atoms with E-state index in [1.54, 1.807) is 0 Å². The van der Waals surface area contributed by atoms with Gasteiger partial charge in [-0.1, -0.05) is 84.4 Å². The highest BCUT2D eigenvalue weighted by atomic mass is 35.5. The average Bonchev–Trinajstić information content (AvgIpc) is 2.58. The van der Waals surface area contributed by atoms with Crippen molar-refractivity contribution in [3.8, 4) is 5.75 Å². The molecule has 2 heteroatoms. The van der Waals surface area contributed by atoms with E-state index in [1.165, 1.54) is 5.56 Å². The van der Waals surface area contributed by atoms with Crippen molar-refractivity contribution >= 4 is 11.6 Å². The zero-order chi connectivity index (χ0) is 15.2. The number of hydrogen-bond donors (Lipinski definition) is 0. The largest absolute Gasteiger partial charge is 0.484 e. The van der Waals surface area contributed by atoms with Crippen molar-refractivity contribution in [3.05, 3.63) is 101 Å². The highest BCUT2D eigenvalue weighted by Gasteiger charge is 2.15. The highest BCUT2D eigenvalue weighted by Crippen LogP contribution is 2.30. The molecule has 0 amide bonds. The van der Waals surface area contributed by atoms with Crippen LogP contribution in [-0.2, 0) is 6.42 Å². The molecule has 0 bridgehead atoms. The number of rotatable bonds is 5. The van der Waals surface area contributed by atoms with Crippen LogP contribution in [0.25, 0.3) is 0 Å². The second-order valence-corrected chi connectivity index (χ2v) is 5.54. The molecular weight excluding hydrogens is 292 g/mol. The maximum atomic E-state index is 6.23. The third-order valence-corrected chi connectivity index (χ3v) is 3.85. The SMILES string of the molecule is Clc1ccccc1OC(Cc1ccccc1)c1ccccc1. The van der Waals surface area contributed by atoms with Crippen LogP contribution in [0, 0.1) is 0 Å². The first-order chi connectivity index (χ1) is 10.8. The molecule has 0 aromatic heterocycles. The molecule has 0 fully saturated rings. The van der Waals surface area contributed by atoms with Crippen LogP contribution in [-0.4, -0.2) is 0 Å². The first-order valence-corrected chi connectivity index (χ1v) is 7.71. The minimum absolute atomic E-state index is 0.0662. The summed E-state index contributed by atoms with van der Waals surface area (Å²) < 4.78 is 6.20. The quantitative estimate of drug-likeness (QED) is 0.587. The molecule has 3 aromatic rings. The molecule has 0 saturated heterocycles. The van der Waals surface area contributed by atoms with Crippen LogP contribution in [0.5, 0.6) is 5.75 Å². The van der Waals surface area contributed by atoms with Crippen molar-refractivity contribution in [1.29, 1.82) is 0 Å². The van der Waals surface area contributed by atoms with E-state index in [0.29, 0.717) is 10.8 Å². The molecule has 1 unspecified atom stereocenters. The molecular formula is C20H17ClO. The number of para-hydroxylation sites is 1. The Kier molecular flexibility index (Phi) is 4.77. The van der Waals surface area contributed by atoms with Gasteiger partial charge in [0.2, 0.25) is 0 Å². The van der Waals surface area contributed by atoms with Gasteiger partial charge in [0.15, 0.2) is 0 Å². The fourth-order valence-electron chi connectivity index (χ4n) is 2.42. The van der Waals surface area contributed by atoms with Crippen LogP contribution >= 0.6 is 11.6 Å².